The van der Waals surface area contributed by atoms with Crippen LogP contribution in [0.15, 0.2) is 12.1 Å². The Morgan fingerprint density at radius 2 is 1.95 bits per heavy atom. The summed E-state index contributed by atoms with van der Waals surface area (Å²) in [7, 11) is 3.46. The molecule has 5 heteroatoms. The predicted octanol–water partition coefficient (Wildman–Crippen LogP) is 2.44. The summed E-state index contributed by atoms with van der Waals surface area (Å²) in [6.45, 7) is 4.87. The number of hydrogen-bond acceptors (Lipinski definition) is 4. The lowest BCUT2D eigenvalue weighted by molar-refractivity contribution is 0.138. The van der Waals surface area contributed by atoms with Gasteiger partial charge in [-0.2, -0.15) is 0 Å². The minimum Gasteiger partial charge on any atom is -0.496 e. The average Bonchev–Trinajstić information content (AvgIpc) is 2.42. The van der Waals surface area contributed by atoms with Crippen LogP contribution in [0.3, 0.4) is 0 Å². The van der Waals surface area contributed by atoms with Gasteiger partial charge in [-0.05, 0) is 43.6 Å². The zero-order valence-electron chi connectivity index (χ0n) is 12.6. The Morgan fingerprint density at radius 1 is 1.35 bits per heavy atom. The molecule has 0 spiro atoms. The van der Waals surface area contributed by atoms with Crippen molar-refractivity contribution in [1.82, 2.24) is 5.32 Å². The largest absolute Gasteiger partial charge is 0.496 e. The Bertz CT molecular complexity index is 438. The average molecular weight is 301 g/mol. The van der Waals surface area contributed by atoms with Gasteiger partial charge in [0.25, 0.3) is 0 Å². The van der Waals surface area contributed by atoms with E-state index in [2.05, 4.69) is 19.2 Å². The third kappa shape index (κ3) is 4.09. The molecule has 0 aliphatic rings. The van der Waals surface area contributed by atoms with Crippen LogP contribution < -0.4 is 15.8 Å². The van der Waals surface area contributed by atoms with E-state index in [1.165, 1.54) is 0 Å². The number of halogens is 1. The van der Waals surface area contributed by atoms with Crippen molar-refractivity contribution in [2.75, 3.05) is 20.7 Å². The third-order valence-corrected chi connectivity index (χ3v) is 3.61. The van der Waals surface area contributed by atoms with Crippen molar-refractivity contribution in [3.8, 4) is 5.75 Å². The lowest BCUT2D eigenvalue weighted by Crippen LogP contribution is -2.32. The standard InChI is InChI=1S/C15H25ClN2O2/c1-9(2)11-7-10(16)8-12(15(11)20-4)14(19)13(17)5-6-18-3/h7-9,13-14,18-19H,5-6,17H2,1-4H3. The number of methoxy groups -OCH3 is 1. The smallest absolute Gasteiger partial charge is 0.128 e. The summed E-state index contributed by atoms with van der Waals surface area (Å²) >= 11 is 6.16. The van der Waals surface area contributed by atoms with E-state index in [1.54, 1.807) is 13.2 Å². The maximum atomic E-state index is 10.5. The van der Waals surface area contributed by atoms with Crippen molar-refractivity contribution in [2.24, 2.45) is 5.73 Å². The zero-order valence-corrected chi connectivity index (χ0v) is 13.4. The van der Waals surface area contributed by atoms with E-state index in [9.17, 15) is 5.11 Å². The molecule has 114 valence electrons. The van der Waals surface area contributed by atoms with Crippen LogP contribution in [0.4, 0.5) is 0 Å². The summed E-state index contributed by atoms with van der Waals surface area (Å²) in [5, 5.41) is 14.1. The number of rotatable bonds is 7. The molecule has 0 bridgehead atoms. The summed E-state index contributed by atoms with van der Waals surface area (Å²) < 4.78 is 5.48. The first-order valence-electron chi connectivity index (χ1n) is 6.87. The van der Waals surface area contributed by atoms with Gasteiger partial charge < -0.3 is 20.9 Å². The number of nitrogens with two attached hydrogens (primary N) is 1. The maximum absolute atomic E-state index is 10.5. The van der Waals surface area contributed by atoms with Gasteiger partial charge in [-0.3, -0.25) is 0 Å². The lowest BCUT2D eigenvalue weighted by Gasteiger charge is -2.24. The first-order chi connectivity index (χ1) is 9.42. The monoisotopic (exact) mass is 300 g/mol. The second-order valence-electron chi connectivity index (χ2n) is 5.27. The molecule has 0 heterocycles. The fourth-order valence-corrected chi connectivity index (χ4v) is 2.46. The highest BCUT2D eigenvalue weighted by Crippen LogP contribution is 2.37. The number of hydrogen-bond donors (Lipinski definition) is 3. The van der Waals surface area contributed by atoms with Gasteiger partial charge in [0.1, 0.15) is 5.75 Å². The Hall–Kier alpha value is -0.810. The number of aliphatic hydroxyl groups excluding tert-OH is 1. The van der Waals surface area contributed by atoms with Crippen LogP contribution in [0.1, 0.15) is 43.4 Å². The van der Waals surface area contributed by atoms with E-state index < -0.39 is 6.10 Å². The van der Waals surface area contributed by atoms with Crippen LogP contribution in [0.25, 0.3) is 0 Å². The van der Waals surface area contributed by atoms with Crippen molar-refractivity contribution >= 4 is 11.6 Å². The lowest BCUT2D eigenvalue weighted by atomic mass is 9.93. The summed E-state index contributed by atoms with van der Waals surface area (Å²) in [4.78, 5) is 0. The van der Waals surface area contributed by atoms with Crippen molar-refractivity contribution in [3.05, 3.63) is 28.3 Å². The fourth-order valence-electron chi connectivity index (χ4n) is 2.22. The van der Waals surface area contributed by atoms with Crippen molar-refractivity contribution in [2.45, 2.75) is 38.3 Å². The van der Waals surface area contributed by atoms with Crippen LogP contribution in [-0.4, -0.2) is 31.9 Å². The first-order valence-corrected chi connectivity index (χ1v) is 7.25. The molecule has 0 aromatic heterocycles. The molecule has 2 unspecified atom stereocenters. The Labute approximate surface area is 126 Å². The predicted molar refractivity (Wildman–Crippen MR) is 83.6 cm³/mol. The van der Waals surface area contributed by atoms with Crippen LogP contribution >= 0.6 is 11.6 Å². The molecule has 1 aromatic rings. The van der Waals surface area contributed by atoms with Gasteiger partial charge in [-0.15, -0.1) is 0 Å². The van der Waals surface area contributed by atoms with Crippen LogP contribution in [0.5, 0.6) is 5.75 Å². The van der Waals surface area contributed by atoms with E-state index in [4.69, 9.17) is 22.1 Å². The minimum atomic E-state index is -0.797. The van der Waals surface area contributed by atoms with Crippen LogP contribution in [0, 0.1) is 0 Å². The molecule has 0 aliphatic carbocycles. The van der Waals surface area contributed by atoms with Gasteiger partial charge in [0, 0.05) is 16.6 Å². The SMILES string of the molecule is CNCCC(N)C(O)c1cc(Cl)cc(C(C)C)c1OC. The molecule has 2 atom stereocenters. The van der Waals surface area contributed by atoms with Crippen molar-refractivity contribution < 1.29 is 9.84 Å². The summed E-state index contributed by atoms with van der Waals surface area (Å²) in [6.07, 6.45) is -0.126. The van der Waals surface area contributed by atoms with Crippen molar-refractivity contribution in [1.29, 1.82) is 0 Å². The highest BCUT2D eigenvalue weighted by Gasteiger charge is 2.23. The number of aliphatic hydroxyl groups is 1. The van der Waals surface area contributed by atoms with Gasteiger partial charge in [0.15, 0.2) is 0 Å². The molecule has 0 saturated heterocycles. The highest BCUT2D eigenvalue weighted by molar-refractivity contribution is 6.30. The quantitative estimate of drug-likeness (QED) is 0.723. The number of ether oxygens (including phenoxy) is 1. The van der Waals surface area contributed by atoms with Crippen molar-refractivity contribution in [3.63, 3.8) is 0 Å². The Kier molecular flexibility index (Phi) is 6.76. The van der Waals surface area contributed by atoms with Gasteiger partial charge in [0.2, 0.25) is 0 Å². The molecule has 1 rings (SSSR count). The summed E-state index contributed by atoms with van der Waals surface area (Å²) in [6, 6.07) is 3.24. The van der Waals surface area contributed by atoms with Gasteiger partial charge in [-0.25, -0.2) is 0 Å². The molecular weight excluding hydrogens is 276 g/mol. The van der Waals surface area contributed by atoms with E-state index in [-0.39, 0.29) is 12.0 Å². The zero-order chi connectivity index (χ0) is 15.3. The first kappa shape index (κ1) is 17.2. The molecule has 0 amide bonds. The van der Waals surface area contributed by atoms with Gasteiger partial charge in [-0.1, -0.05) is 25.4 Å². The third-order valence-electron chi connectivity index (χ3n) is 3.39. The fraction of sp³-hybridized carbons (Fsp3) is 0.600. The molecule has 1 aromatic carbocycles. The molecule has 4 nitrogen and oxygen atoms in total. The molecule has 0 saturated carbocycles. The molecule has 0 fully saturated rings. The van der Waals surface area contributed by atoms with Gasteiger partial charge >= 0.3 is 0 Å². The van der Waals surface area contributed by atoms with E-state index in [0.29, 0.717) is 22.8 Å². The van der Waals surface area contributed by atoms with Gasteiger partial charge in [0.05, 0.1) is 13.2 Å². The summed E-state index contributed by atoms with van der Waals surface area (Å²) in [5.74, 6) is 0.931. The Morgan fingerprint density at radius 3 is 2.45 bits per heavy atom. The number of nitrogens with one attached hydrogen (secondary N) is 1. The van der Waals surface area contributed by atoms with E-state index in [0.717, 1.165) is 12.1 Å². The summed E-state index contributed by atoms with van der Waals surface area (Å²) in [5.41, 5.74) is 7.69. The van der Waals surface area contributed by atoms with E-state index in [1.807, 2.05) is 13.1 Å². The normalized spacial score (nSPS) is 14.4. The number of benzene rings is 1. The molecule has 0 aliphatic heterocycles. The highest BCUT2D eigenvalue weighted by atomic mass is 35.5. The minimum absolute atomic E-state index is 0.253. The maximum Gasteiger partial charge on any atom is 0.128 e. The topological polar surface area (TPSA) is 67.5 Å². The van der Waals surface area contributed by atoms with Crippen LogP contribution in [-0.2, 0) is 0 Å². The molecule has 4 N–H and O–H groups in total. The molecular formula is C15H25ClN2O2. The second kappa shape index (κ2) is 7.84. The van der Waals surface area contributed by atoms with E-state index >= 15 is 0 Å². The second-order valence-corrected chi connectivity index (χ2v) is 5.71. The Balaban J connectivity index is 3.15. The van der Waals surface area contributed by atoms with Crippen LogP contribution in [0.2, 0.25) is 5.02 Å². The molecule has 0 radical (unpaired) electrons. The molecule has 20 heavy (non-hydrogen) atoms.